The van der Waals surface area contributed by atoms with Crippen molar-refractivity contribution in [1.82, 2.24) is 19.6 Å². The normalized spacial score (nSPS) is 11.9. The third kappa shape index (κ3) is 3.83. The van der Waals surface area contributed by atoms with Gasteiger partial charge >= 0.3 is 6.18 Å². The summed E-state index contributed by atoms with van der Waals surface area (Å²) in [4.78, 5) is 20.5. The molecule has 0 atom stereocenters. The van der Waals surface area contributed by atoms with Gasteiger partial charge in [0.2, 0.25) is 5.89 Å². The van der Waals surface area contributed by atoms with Gasteiger partial charge in [-0.15, -0.1) is 6.42 Å². The summed E-state index contributed by atoms with van der Waals surface area (Å²) < 4.78 is 53.4. The number of terminal acetylenes is 1. The van der Waals surface area contributed by atoms with E-state index in [0.717, 1.165) is 0 Å². The molecule has 0 aliphatic carbocycles. The number of aromatic amines is 1. The Kier molecular flexibility index (Phi) is 5.71. The number of rotatable bonds is 4. The number of fused-ring (bicyclic) bond motifs is 1. The number of oxazole rings is 1. The number of alkyl halides is 3. The van der Waals surface area contributed by atoms with Gasteiger partial charge in [-0.05, 0) is 19.9 Å². The van der Waals surface area contributed by atoms with Crippen LogP contribution in [0.5, 0.6) is 0 Å². The number of allylic oxidation sites excluding steroid dienone is 1. The van der Waals surface area contributed by atoms with Gasteiger partial charge in [0, 0.05) is 17.3 Å². The molecule has 0 unspecified atom stereocenters. The third-order valence-corrected chi connectivity index (χ3v) is 5.24. The third-order valence-electron chi connectivity index (χ3n) is 5.24. The summed E-state index contributed by atoms with van der Waals surface area (Å²) in [6.07, 6.45) is 1.71. The molecule has 176 valence electrons. The molecular weight excluding hydrogens is 463 g/mol. The molecule has 0 aliphatic rings. The first kappa shape index (κ1) is 23.4. The van der Waals surface area contributed by atoms with Gasteiger partial charge in [0.1, 0.15) is 22.7 Å². The van der Waals surface area contributed by atoms with Gasteiger partial charge in [-0.25, -0.2) is 4.98 Å². The molecule has 0 amide bonds. The van der Waals surface area contributed by atoms with E-state index in [1.807, 2.05) is 6.07 Å². The average molecular weight is 479 g/mol. The van der Waals surface area contributed by atoms with E-state index in [1.165, 1.54) is 44.4 Å². The monoisotopic (exact) mass is 479 g/mol. The largest absolute Gasteiger partial charge is 0.494 e. The second-order valence-electron chi connectivity index (χ2n) is 7.37. The molecule has 8 nitrogen and oxygen atoms in total. The number of halogens is 3. The molecule has 1 N–H and O–H groups in total. The molecule has 0 radical (unpaired) electrons. The van der Waals surface area contributed by atoms with Crippen molar-refractivity contribution in [3.63, 3.8) is 0 Å². The summed E-state index contributed by atoms with van der Waals surface area (Å²) in [5.74, 6) is 2.65. The predicted molar refractivity (Wildman–Crippen MR) is 120 cm³/mol. The number of nitrogens with zero attached hydrogens (tertiary/aromatic N) is 4. The molecule has 0 fully saturated rings. The first-order valence-electron chi connectivity index (χ1n) is 10.0. The molecule has 4 rings (SSSR count). The Hall–Kier alpha value is -4.77. The van der Waals surface area contributed by atoms with Crippen molar-refractivity contribution in [3.05, 3.63) is 69.1 Å². The van der Waals surface area contributed by atoms with Crippen molar-refractivity contribution < 1.29 is 22.3 Å². The van der Waals surface area contributed by atoms with E-state index in [4.69, 9.17) is 15.6 Å². The van der Waals surface area contributed by atoms with Crippen LogP contribution in [0.25, 0.3) is 34.0 Å². The van der Waals surface area contributed by atoms with Gasteiger partial charge in [0.15, 0.2) is 11.5 Å². The van der Waals surface area contributed by atoms with Gasteiger partial charge in [0.05, 0.1) is 24.3 Å². The molecular formula is C24H16F3N5O3. The second-order valence-corrected chi connectivity index (χ2v) is 7.37. The van der Waals surface area contributed by atoms with Crippen molar-refractivity contribution >= 4 is 11.4 Å². The molecule has 3 aromatic heterocycles. The van der Waals surface area contributed by atoms with Gasteiger partial charge in [-0.1, -0.05) is 24.1 Å². The smallest absolute Gasteiger partial charge is 0.435 e. The minimum atomic E-state index is -4.90. The first-order chi connectivity index (χ1) is 16.6. The van der Waals surface area contributed by atoms with E-state index in [-0.39, 0.29) is 51.1 Å². The van der Waals surface area contributed by atoms with E-state index in [2.05, 4.69) is 21.0 Å². The molecule has 0 saturated heterocycles. The predicted octanol–water partition coefficient (Wildman–Crippen LogP) is 4.47. The fraction of sp³-hybridized carbons (Fsp3) is 0.167. The lowest BCUT2D eigenvalue weighted by Gasteiger charge is -2.08. The Morgan fingerprint density at radius 2 is 2.00 bits per heavy atom. The Bertz CT molecular complexity index is 1640. The standard InChI is InChI=1S/C24H16F3N5O3/c1-5-8-16(34-4)19-13(3)35-22(30-19)17-12(2)29-21-18(15-10-7-6-9-14(15)11-28)20(24(25,26)27)31-32(21)23(17)33/h1,6-10,29H,2-4H3/b16-8+. The highest BCUT2D eigenvalue weighted by atomic mass is 19.4. The summed E-state index contributed by atoms with van der Waals surface area (Å²) in [6, 6.07) is 7.64. The molecule has 35 heavy (non-hydrogen) atoms. The number of hydrogen-bond acceptors (Lipinski definition) is 6. The Balaban J connectivity index is 2.05. The minimum Gasteiger partial charge on any atom is -0.494 e. The number of ether oxygens (including phenoxy) is 1. The van der Waals surface area contributed by atoms with Crippen LogP contribution in [0.2, 0.25) is 0 Å². The lowest BCUT2D eigenvalue weighted by Crippen LogP contribution is -2.20. The van der Waals surface area contributed by atoms with E-state index in [0.29, 0.717) is 4.52 Å². The first-order valence-corrected chi connectivity index (χ1v) is 10.0. The molecule has 3 heterocycles. The van der Waals surface area contributed by atoms with Crippen LogP contribution in [0.3, 0.4) is 0 Å². The summed E-state index contributed by atoms with van der Waals surface area (Å²) >= 11 is 0. The maximum absolute atomic E-state index is 14.0. The van der Waals surface area contributed by atoms with Crippen molar-refractivity contribution in [2.45, 2.75) is 20.0 Å². The van der Waals surface area contributed by atoms with Gasteiger partial charge in [0.25, 0.3) is 5.56 Å². The highest BCUT2D eigenvalue weighted by molar-refractivity contribution is 5.84. The molecule has 4 aromatic rings. The second kappa shape index (κ2) is 8.54. The number of aryl methyl sites for hydroxylation is 2. The highest BCUT2D eigenvalue weighted by Crippen LogP contribution is 2.39. The van der Waals surface area contributed by atoms with Crippen LogP contribution in [-0.4, -0.2) is 26.7 Å². The maximum atomic E-state index is 14.0. The number of nitrogens with one attached hydrogen (secondary N) is 1. The number of hydrogen-bond donors (Lipinski definition) is 1. The SMILES string of the molecule is C#C/C=C(/OC)c1nc(-c2c(C)[nH]c3c(-c4ccccc4C#N)c(C(F)(F)F)nn3c2=O)oc1C. The van der Waals surface area contributed by atoms with E-state index in [1.54, 1.807) is 6.92 Å². The maximum Gasteiger partial charge on any atom is 0.435 e. The van der Waals surface area contributed by atoms with Gasteiger partial charge < -0.3 is 14.1 Å². The summed E-state index contributed by atoms with van der Waals surface area (Å²) in [7, 11) is 1.38. The molecule has 1 aromatic carbocycles. The Morgan fingerprint density at radius 1 is 1.29 bits per heavy atom. The molecule has 0 saturated carbocycles. The van der Waals surface area contributed by atoms with E-state index < -0.39 is 23.0 Å². The van der Waals surface area contributed by atoms with Crippen LogP contribution in [0.4, 0.5) is 13.2 Å². The zero-order valence-corrected chi connectivity index (χ0v) is 18.6. The van der Waals surface area contributed by atoms with Gasteiger partial charge in [-0.2, -0.15) is 28.0 Å². The van der Waals surface area contributed by atoms with Crippen LogP contribution in [0.15, 0.2) is 39.6 Å². The topological polar surface area (TPSA) is 109 Å². The fourth-order valence-electron chi connectivity index (χ4n) is 3.72. The lowest BCUT2D eigenvalue weighted by atomic mass is 10.00. The van der Waals surface area contributed by atoms with Crippen molar-refractivity contribution in [2.24, 2.45) is 0 Å². The number of nitriles is 1. The molecule has 0 bridgehead atoms. The number of H-pyrrole nitrogens is 1. The van der Waals surface area contributed by atoms with Crippen LogP contribution in [-0.2, 0) is 10.9 Å². The van der Waals surface area contributed by atoms with Crippen LogP contribution in [0.1, 0.15) is 28.4 Å². The fourth-order valence-corrected chi connectivity index (χ4v) is 3.72. The summed E-state index contributed by atoms with van der Waals surface area (Å²) in [5.41, 5.74) is -2.57. The number of methoxy groups -OCH3 is 1. The minimum absolute atomic E-state index is 0.00385. The molecule has 11 heteroatoms. The van der Waals surface area contributed by atoms with Crippen LogP contribution in [0, 0.1) is 37.5 Å². The quantitative estimate of drug-likeness (QED) is 0.342. The Morgan fingerprint density at radius 3 is 2.63 bits per heavy atom. The van der Waals surface area contributed by atoms with Crippen LogP contribution >= 0.6 is 0 Å². The van der Waals surface area contributed by atoms with Crippen molar-refractivity contribution in [3.8, 4) is 41.0 Å². The lowest BCUT2D eigenvalue weighted by molar-refractivity contribution is -0.140. The highest BCUT2D eigenvalue weighted by Gasteiger charge is 2.40. The van der Waals surface area contributed by atoms with Crippen LogP contribution < -0.4 is 5.56 Å². The Labute approximate surface area is 196 Å². The van der Waals surface area contributed by atoms with Crippen molar-refractivity contribution in [1.29, 1.82) is 5.26 Å². The molecule has 0 aliphatic heterocycles. The van der Waals surface area contributed by atoms with Crippen molar-refractivity contribution in [2.75, 3.05) is 7.11 Å². The zero-order valence-electron chi connectivity index (χ0n) is 18.6. The van der Waals surface area contributed by atoms with E-state index in [9.17, 15) is 23.2 Å². The average Bonchev–Trinajstić information content (AvgIpc) is 3.38. The number of aromatic nitrogens is 4. The summed E-state index contributed by atoms with van der Waals surface area (Å²) in [5, 5.41) is 13.0. The van der Waals surface area contributed by atoms with Gasteiger partial charge in [-0.3, -0.25) is 4.79 Å². The van der Waals surface area contributed by atoms with E-state index >= 15 is 0 Å². The molecule has 0 spiro atoms. The zero-order chi connectivity index (χ0) is 25.5. The summed E-state index contributed by atoms with van der Waals surface area (Å²) in [6.45, 7) is 3.06. The number of benzene rings is 1.